The quantitative estimate of drug-likeness (QED) is 0.175. The van der Waals surface area contributed by atoms with Crippen molar-refractivity contribution >= 4 is 32.9 Å². The number of hydrogen-bond donors (Lipinski definition) is 1. The van der Waals surface area contributed by atoms with Crippen LogP contribution in [0.25, 0.3) is 0 Å². The van der Waals surface area contributed by atoms with Crippen molar-refractivity contribution in [2.24, 2.45) is 5.73 Å². The van der Waals surface area contributed by atoms with Crippen molar-refractivity contribution in [1.29, 1.82) is 0 Å². The zero-order valence-electron chi connectivity index (χ0n) is 25.7. The number of aromatic nitrogens is 2. The fourth-order valence-electron chi connectivity index (χ4n) is 5.61. The van der Waals surface area contributed by atoms with E-state index in [4.69, 9.17) is 0 Å². The molecule has 1 unspecified atom stereocenters. The number of primary amides is 1. The summed E-state index contributed by atoms with van der Waals surface area (Å²) < 4.78 is 38.6. The smallest absolute Gasteiger partial charge is 0.370 e. The summed E-state index contributed by atoms with van der Waals surface area (Å²) in [6.45, 7) is 10.5. The normalized spacial score (nSPS) is 16.2. The van der Waals surface area contributed by atoms with E-state index in [0.29, 0.717) is 18.0 Å². The van der Waals surface area contributed by atoms with Gasteiger partial charge in [-0.2, -0.15) is 47.6 Å². The van der Waals surface area contributed by atoms with E-state index in [9.17, 15) is 22.8 Å². The van der Waals surface area contributed by atoms with Gasteiger partial charge in [-0.1, -0.05) is 78.3 Å². The Morgan fingerprint density at radius 2 is 1.76 bits per heavy atom. The summed E-state index contributed by atoms with van der Waals surface area (Å²) in [6, 6.07) is 9.20. The SMILES string of the molecule is CC(=O)Cn1nc(C2CC2)cc1C(F)(F)F.CCC(N)=O.CCC[C@H](B1CCCCC1)[C@@H](C)c1[c-]c(C)cc(P)c1.[Cr]. The second kappa shape index (κ2) is 18.3. The minimum atomic E-state index is -4.45. The van der Waals surface area contributed by atoms with Gasteiger partial charge in [0.2, 0.25) is 5.91 Å². The second-order valence-corrected chi connectivity index (χ2v) is 12.3. The van der Waals surface area contributed by atoms with E-state index in [1.165, 1.54) is 68.1 Å². The van der Waals surface area contributed by atoms with Crippen LogP contribution in [0.15, 0.2) is 18.2 Å². The van der Waals surface area contributed by atoms with Crippen molar-refractivity contribution in [3.8, 4) is 0 Å². The molecule has 2 N–H and O–H groups in total. The van der Waals surface area contributed by atoms with E-state index in [1.807, 2.05) is 0 Å². The Kier molecular flexibility index (Phi) is 16.7. The van der Waals surface area contributed by atoms with E-state index in [-0.39, 0.29) is 41.5 Å². The van der Waals surface area contributed by atoms with E-state index < -0.39 is 11.9 Å². The number of carbonyl (C=O) groups excluding carboxylic acids is 2. The molecule has 0 bridgehead atoms. The average molecular weight is 645 g/mol. The van der Waals surface area contributed by atoms with E-state index in [0.717, 1.165) is 36.1 Å². The third kappa shape index (κ3) is 12.9. The van der Waals surface area contributed by atoms with Crippen LogP contribution in [0.1, 0.15) is 113 Å². The number of amides is 1. The molecule has 0 radical (unpaired) electrons. The fourth-order valence-corrected chi connectivity index (χ4v) is 6.04. The molecule has 234 valence electrons. The first kappa shape index (κ1) is 38.4. The van der Waals surface area contributed by atoms with Gasteiger partial charge in [-0.3, -0.25) is 14.3 Å². The molecule has 11 heteroatoms. The predicted octanol–water partition coefficient (Wildman–Crippen LogP) is 7.50. The molecule has 2 aromatic rings. The van der Waals surface area contributed by atoms with Gasteiger partial charge in [-0.15, -0.1) is 14.5 Å². The molecule has 5 nitrogen and oxygen atoms in total. The van der Waals surface area contributed by atoms with Gasteiger partial charge in [0, 0.05) is 29.7 Å². The first-order valence-electron chi connectivity index (χ1n) is 15.0. The first-order chi connectivity index (χ1) is 19.3. The standard InChI is InChI=1S/C18H29BP.C10H11F3N2O.C3H7NO.Cr/c1-4-8-18(19-9-6-5-7-10-19)15(3)16-11-14(2)12-17(20)13-16;1-6(16)5-15-9(10(11,12)13)4-8(14-15)7-2-3-7;1-2-3(4)5;/h12-13,15,18H,4-10,20H2,1-3H3;4,7H,2-3,5H2,1H3;2H2,1H3,(H2,4,5);/q-1;;;/t15-,18-;;;/m0.../s1. The monoisotopic (exact) mass is 644 g/mol. The van der Waals surface area contributed by atoms with Crippen molar-refractivity contribution < 1.29 is 40.1 Å². The number of ketones is 1. The summed E-state index contributed by atoms with van der Waals surface area (Å²) in [6.07, 6.45) is 7.70. The fraction of sp³-hybridized carbons (Fsp3) is 0.645. The maximum absolute atomic E-state index is 12.6. The molecule has 2 heterocycles. The summed E-state index contributed by atoms with van der Waals surface area (Å²) in [5, 5.41) is 5.16. The number of rotatable bonds is 9. The number of alkyl halides is 3. The maximum atomic E-state index is 12.6. The zero-order chi connectivity index (χ0) is 30.7. The second-order valence-electron chi connectivity index (χ2n) is 11.6. The van der Waals surface area contributed by atoms with E-state index in [1.54, 1.807) is 6.92 Å². The van der Waals surface area contributed by atoms with Crippen molar-refractivity contribution in [3.63, 3.8) is 0 Å². The summed E-state index contributed by atoms with van der Waals surface area (Å²) >= 11 is 0. The van der Waals surface area contributed by atoms with Gasteiger partial charge in [0.05, 0.1) is 12.2 Å². The number of halogens is 3. The number of hydrogen-bond acceptors (Lipinski definition) is 3. The largest absolute Gasteiger partial charge is 0.433 e. The van der Waals surface area contributed by atoms with Gasteiger partial charge in [0.1, 0.15) is 12.4 Å². The number of nitrogens with zero attached hydrogens (tertiary/aromatic N) is 2. The van der Waals surface area contributed by atoms with Crippen LogP contribution in [0, 0.1) is 13.0 Å². The molecule has 2 aliphatic rings. The molecule has 4 rings (SSSR count). The summed E-state index contributed by atoms with van der Waals surface area (Å²) in [7, 11) is 2.85. The maximum Gasteiger partial charge on any atom is 0.433 e. The Labute approximate surface area is 263 Å². The Bertz CT molecular complexity index is 1110. The molecule has 1 aromatic heterocycles. The van der Waals surface area contributed by atoms with Crippen LogP contribution >= 0.6 is 9.24 Å². The topological polar surface area (TPSA) is 78.0 Å². The number of Topliss-reactive ketones (excluding diaryl/α,β-unsaturated/α-hetero) is 1. The third-order valence-corrected chi connectivity index (χ3v) is 8.20. The van der Waals surface area contributed by atoms with Crippen LogP contribution in [-0.2, 0) is 39.7 Å². The molecule has 42 heavy (non-hydrogen) atoms. The Morgan fingerprint density at radius 3 is 2.21 bits per heavy atom. The number of carbonyl (C=O) groups is 2. The molecule has 1 aliphatic heterocycles. The van der Waals surface area contributed by atoms with Gasteiger partial charge >= 0.3 is 6.18 Å². The molecule has 1 saturated carbocycles. The molecule has 0 spiro atoms. The third-order valence-electron chi connectivity index (χ3n) is 7.86. The molecule has 3 atom stereocenters. The number of aryl methyl sites for hydroxylation is 1. The summed E-state index contributed by atoms with van der Waals surface area (Å²) in [5.74, 6) is 1.07. The van der Waals surface area contributed by atoms with Crippen molar-refractivity contribution in [1.82, 2.24) is 9.78 Å². The van der Waals surface area contributed by atoms with Crippen LogP contribution < -0.4 is 11.0 Å². The van der Waals surface area contributed by atoms with Crippen molar-refractivity contribution in [2.45, 2.75) is 129 Å². The van der Waals surface area contributed by atoms with Crippen molar-refractivity contribution in [2.75, 3.05) is 0 Å². The predicted molar refractivity (Wildman–Crippen MR) is 165 cm³/mol. The number of benzene rings is 1. The van der Waals surface area contributed by atoms with Crippen LogP contribution in [-0.4, -0.2) is 28.2 Å². The Hall–Kier alpha value is -1.61. The van der Waals surface area contributed by atoms with Gasteiger partial charge in [0.25, 0.3) is 0 Å². The van der Waals surface area contributed by atoms with Crippen LogP contribution in [0.5, 0.6) is 0 Å². The molecule has 2 fully saturated rings. The van der Waals surface area contributed by atoms with Gasteiger partial charge < -0.3 is 5.73 Å². The van der Waals surface area contributed by atoms with Gasteiger partial charge in [0.15, 0.2) is 5.78 Å². The van der Waals surface area contributed by atoms with Crippen LogP contribution in [0.4, 0.5) is 13.2 Å². The minimum absolute atomic E-state index is 0. The zero-order valence-corrected chi connectivity index (χ0v) is 28.2. The Morgan fingerprint density at radius 1 is 1.17 bits per heavy atom. The van der Waals surface area contributed by atoms with E-state index >= 15 is 0 Å². The van der Waals surface area contributed by atoms with Gasteiger partial charge in [-0.05, 0) is 31.7 Å². The van der Waals surface area contributed by atoms with Crippen molar-refractivity contribution in [3.05, 3.63) is 46.8 Å². The molecule has 1 aliphatic carbocycles. The van der Waals surface area contributed by atoms with Crippen LogP contribution in [0.3, 0.4) is 0 Å². The molecular formula is C31H47BCrF3N3O2P-. The van der Waals surface area contributed by atoms with Gasteiger partial charge in [-0.25, -0.2) is 0 Å². The first-order valence-corrected chi connectivity index (χ1v) is 15.6. The molecule has 1 aromatic carbocycles. The van der Waals surface area contributed by atoms with Crippen LogP contribution in [0.2, 0.25) is 18.5 Å². The average Bonchev–Trinajstić information content (AvgIpc) is 3.66. The molecular weight excluding hydrogens is 597 g/mol. The minimum Gasteiger partial charge on any atom is -0.370 e. The Balaban J connectivity index is 0.000000360. The molecule has 1 saturated heterocycles. The summed E-state index contributed by atoms with van der Waals surface area (Å²) in [5.41, 5.74) is 6.98. The number of nitrogens with two attached hydrogens (primary N) is 1. The molecule has 1 amide bonds. The van der Waals surface area contributed by atoms with E-state index in [2.05, 4.69) is 59.0 Å². The summed E-state index contributed by atoms with van der Waals surface area (Å²) in [4.78, 5) is 20.4.